The molecule has 50 heavy (non-hydrogen) atoms. The summed E-state index contributed by atoms with van der Waals surface area (Å²) in [5, 5.41) is 2.92. The van der Waals surface area contributed by atoms with Crippen LogP contribution in [0.2, 0.25) is 0 Å². The zero-order valence-electron chi connectivity index (χ0n) is 27.9. The van der Waals surface area contributed by atoms with Crippen LogP contribution in [0.4, 0.5) is 4.79 Å². The van der Waals surface area contributed by atoms with E-state index in [1.165, 1.54) is 0 Å². The third-order valence-corrected chi connectivity index (χ3v) is 8.36. The molecule has 1 N–H and O–H groups in total. The molecule has 0 unspecified atom stereocenters. The number of amides is 1. The van der Waals surface area contributed by atoms with Crippen LogP contribution in [0.1, 0.15) is 27.8 Å². The molecule has 1 heterocycles. The van der Waals surface area contributed by atoms with Crippen molar-refractivity contribution in [1.29, 1.82) is 0 Å². The molecule has 0 spiro atoms. The van der Waals surface area contributed by atoms with Crippen molar-refractivity contribution in [1.82, 2.24) is 5.32 Å². The summed E-state index contributed by atoms with van der Waals surface area (Å²) in [6.07, 6.45) is -4.11. The highest BCUT2D eigenvalue weighted by Crippen LogP contribution is 2.31. The lowest BCUT2D eigenvalue weighted by Crippen LogP contribution is -2.47. The van der Waals surface area contributed by atoms with Crippen LogP contribution in [0.5, 0.6) is 0 Å². The van der Waals surface area contributed by atoms with Crippen molar-refractivity contribution in [2.45, 2.75) is 63.7 Å². The van der Waals surface area contributed by atoms with E-state index >= 15 is 0 Å². The molecule has 1 amide bonds. The van der Waals surface area contributed by atoms with E-state index in [0.29, 0.717) is 19.8 Å². The van der Waals surface area contributed by atoms with E-state index in [0.717, 1.165) is 27.8 Å². The molecule has 8 heteroatoms. The highest BCUT2D eigenvalue weighted by atomic mass is 16.6. The topological polar surface area (TPSA) is 84.5 Å². The van der Waals surface area contributed by atoms with Gasteiger partial charge in [-0.15, -0.1) is 0 Å². The quantitative estimate of drug-likeness (QED) is 0.109. The molecule has 258 valence electrons. The molecule has 5 aromatic carbocycles. The molecule has 0 bridgehead atoms. The zero-order valence-corrected chi connectivity index (χ0v) is 27.9. The van der Waals surface area contributed by atoms with Crippen LogP contribution in [0.15, 0.2) is 152 Å². The first-order chi connectivity index (χ1) is 24.7. The van der Waals surface area contributed by atoms with Crippen molar-refractivity contribution < 1.29 is 33.2 Å². The standard InChI is InChI=1S/C42H43NO7/c44-42(49-30-36-24-14-5-15-25-36)43-41-40(48-29-35-22-12-4-13-23-35)39(47-28-34-20-10-3-11-21-34)38(50-41)37(46-27-33-18-8-2-9-19-33)31-45-26-32-16-6-1-7-17-32/h1-25,37-41H,26-31H2,(H,43,44)/t37-,38-,39+,40-,41-/m1/s1. The van der Waals surface area contributed by atoms with E-state index < -0.39 is 36.7 Å². The summed E-state index contributed by atoms with van der Waals surface area (Å²) in [5.74, 6) is 0. The van der Waals surface area contributed by atoms with Gasteiger partial charge in [-0.25, -0.2) is 4.79 Å². The number of hydrogen-bond donors (Lipinski definition) is 1. The normalized spacial score (nSPS) is 19.1. The molecule has 1 aliphatic rings. The fourth-order valence-corrected chi connectivity index (χ4v) is 5.77. The Bertz CT molecular complexity index is 1680. The van der Waals surface area contributed by atoms with Crippen molar-refractivity contribution >= 4 is 6.09 Å². The maximum Gasteiger partial charge on any atom is 0.409 e. The summed E-state index contributed by atoms with van der Waals surface area (Å²) in [4.78, 5) is 13.2. The van der Waals surface area contributed by atoms with Gasteiger partial charge in [-0.1, -0.05) is 152 Å². The summed E-state index contributed by atoms with van der Waals surface area (Å²) in [5.41, 5.74) is 4.90. The lowest BCUT2D eigenvalue weighted by atomic mass is 10.0. The van der Waals surface area contributed by atoms with Gasteiger partial charge >= 0.3 is 6.09 Å². The highest BCUT2D eigenvalue weighted by molar-refractivity contribution is 5.67. The fourth-order valence-electron chi connectivity index (χ4n) is 5.77. The zero-order chi connectivity index (χ0) is 34.2. The van der Waals surface area contributed by atoms with Crippen LogP contribution in [-0.2, 0) is 61.5 Å². The Balaban J connectivity index is 1.25. The van der Waals surface area contributed by atoms with Crippen molar-refractivity contribution in [3.05, 3.63) is 179 Å². The van der Waals surface area contributed by atoms with Gasteiger partial charge in [0.1, 0.15) is 31.0 Å². The molecule has 8 nitrogen and oxygen atoms in total. The third kappa shape index (κ3) is 10.6. The van der Waals surface area contributed by atoms with Crippen LogP contribution < -0.4 is 5.32 Å². The molecule has 0 radical (unpaired) electrons. The average Bonchev–Trinajstić information content (AvgIpc) is 3.51. The van der Waals surface area contributed by atoms with Crippen molar-refractivity contribution in [2.75, 3.05) is 6.61 Å². The first-order valence-electron chi connectivity index (χ1n) is 16.9. The number of carbonyl (C=O) groups excluding carboxylic acids is 1. The second-order valence-corrected chi connectivity index (χ2v) is 12.1. The fraction of sp³-hybridized carbons (Fsp3) is 0.262. The lowest BCUT2D eigenvalue weighted by Gasteiger charge is -2.29. The van der Waals surface area contributed by atoms with Gasteiger partial charge in [0.2, 0.25) is 0 Å². The molecule has 6 rings (SSSR count). The second kappa shape index (κ2) is 18.8. The summed E-state index contributed by atoms with van der Waals surface area (Å²) in [7, 11) is 0. The highest BCUT2D eigenvalue weighted by Gasteiger charge is 2.51. The van der Waals surface area contributed by atoms with Gasteiger partial charge in [0.25, 0.3) is 0 Å². The van der Waals surface area contributed by atoms with E-state index in [4.69, 9.17) is 28.4 Å². The maximum absolute atomic E-state index is 13.2. The van der Waals surface area contributed by atoms with Gasteiger partial charge in [-0.2, -0.15) is 0 Å². The third-order valence-electron chi connectivity index (χ3n) is 8.36. The summed E-state index contributed by atoms with van der Waals surface area (Å²) in [6, 6.07) is 49.3. The Hall–Kier alpha value is -4.83. The molecule has 0 saturated carbocycles. The van der Waals surface area contributed by atoms with Gasteiger partial charge in [0.15, 0.2) is 6.23 Å². The first kappa shape index (κ1) is 35.0. The van der Waals surface area contributed by atoms with Crippen LogP contribution in [0.25, 0.3) is 0 Å². The Morgan fingerprint density at radius 1 is 0.540 bits per heavy atom. The Morgan fingerprint density at radius 3 is 1.46 bits per heavy atom. The minimum Gasteiger partial charge on any atom is -0.445 e. The van der Waals surface area contributed by atoms with Crippen LogP contribution >= 0.6 is 0 Å². The van der Waals surface area contributed by atoms with Gasteiger partial charge in [0.05, 0.1) is 33.0 Å². The molecule has 0 aromatic heterocycles. The largest absolute Gasteiger partial charge is 0.445 e. The van der Waals surface area contributed by atoms with Gasteiger partial charge < -0.3 is 28.4 Å². The molecule has 5 aromatic rings. The van der Waals surface area contributed by atoms with E-state index in [2.05, 4.69) is 5.32 Å². The van der Waals surface area contributed by atoms with Crippen molar-refractivity contribution in [3.63, 3.8) is 0 Å². The predicted octanol–water partition coefficient (Wildman–Crippen LogP) is 7.61. The predicted molar refractivity (Wildman–Crippen MR) is 190 cm³/mol. The molecule has 1 aliphatic heterocycles. The molecule has 0 aliphatic carbocycles. The number of nitrogens with one attached hydrogen (secondary N) is 1. The number of rotatable bonds is 17. The van der Waals surface area contributed by atoms with E-state index in [-0.39, 0.29) is 19.8 Å². The molecular formula is C42H43NO7. The monoisotopic (exact) mass is 673 g/mol. The van der Waals surface area contributed by atoms with Gasteiger partial charge in [-0.05, 0) is 27.8 Å². The Kier molecular flexibility index (Phi) is 13.2. The van der Waals surface area contributed by atoms with Crippen molar-refractivity contribution in [3.8, 4) is 0 Å². The number of ether oxygens (including phenoxy) is 6. The van der Waals surface area contributed by atoms with E-state index in [9.17, 15) is 4.79 Å². The minimum atomic E-state index is -0.898. The molecule has 5 atom stereocenters. The van der Waals surface area contributed by atoms with Gasteiger partial charge in [-0.3, -0.25) is 5.32 Å². The summed E-state index contributed by atoms with van der Waals surface area (Å²) in [6.45, 7) is 1.65. The maximum atomic E-state index is 13.2. The second-order valence-electron chi connectivity index (χ2n) is 12.1. The number of benzene rings is 5. The van der Waals surface area contributed by atoms with Gasteiger partial charge in [0, 0.05) is 0 Å². The number of alkyl carbamates (subject to hydrolysis) is 1. The number of carbonyl (C=O) groups is 1. The first-order valence-corrected chi connectivity index (χ1v) is 16.9. The minimum absolute atomic E-state index is 0.114. The SMILES string of the molecule is O=C(N[C@@H]1O[C@H]([C@@H](COCc2ccccc2)OCc2ccccc2)[C@H](OCc2ccccc2)[C@H]1OCc1ccccc1)OCc1ccccc1. The van der Waals surface area contributed by atoms with Crippen LogP contribution in [0, 0.1) is 0 Å². The molecule has 1 saturated heterocycles. The molecular weight excluding hydrogens is 630 g/mol. The van der Waals surface area contributed by atoms with E-state index in [1.54, 1.807) is 0 Å². The summed E-state index contributed by atoms with van der Waals surface area (Å²) >= 11 is 0. The van der Waals surface area contributed by atoms with Crippen LogP contribution in [-0.4, -0.2) is 43.3 Å². The summed E-state index contributed by atoms with van der Waals surface area (Å²) < 4.78 is 38.3. The van der Waals surface area contributed by atoms with Crippen LogP contribution in [0.3, 0.4) is 0 Å². The lowest BCUT2D eigenvalue weighted by molar-refractivity contribution is -0.142. The Labute approximate surface area is 293 Å². The Morgan fingerprint density at radius 2 is 0.960 bits per heavy atom. The molecule has 1 fully saturated rings. The smallest absolute Gasteiger partial charge is 0.409 e. The number of hydrogen-bond acceptors (Lipinski definition) is 7. The average molecular weight is 674 g/mol. The van der Waals surface area contributed by atoms with E-state index in [1.807, 2.05) is 152 Å². The van der Waals surface area contributed by atoms with Crippen molar-refractivity contribution in [2.24, 2.45) is 0 Å².